The molecule has 2 aromatic heterocycles. The lowest BCUT2D eigenvalue weighted by atomic mass is 10.0. The Morgan fingerprint density at radius 3 is 2.71 bits per heavy atom. The number of nitrogens with two attached hydrogens (primary N) is 1. The minimum absolute atomic E-state index is 0.161. The molecule has 0 aromatic carbocycles. The van der Waals surface area contributed by atoms with Gasteiger partial charge in [-0.3, -0.25) is 14.5 Å². The quantitative estimate of drug-likeness (QED) is 0.204. The topological polar surface area (TPSA) is 174 Å². The van der Waals surface area contributed by atoms with Gasteiger partial charge in [-0.05, 0) is 12.1 Å². The van der Waals surface area contributed by atoms with Crippen LogP contribution in [0.25, 0.3) is 5.57 Å². The lowest BCUT2D eigenvalue weighted by Gasteiger charge is -2.49. The minimum atomic E-state index is -1.29. The number of anilines is 1. The van der Waals surface area contributed by atoms with E-state index in [2.05, 4.69) is 15.5 Å². The largest absolute Gasteiger partial charge is 0.477 e. The summed E-state index contributed by atoms with van der Waals surface area (Å²) < 4.78 is 4.70. The third-order valence-corrected chi connectivity index (χ3v) is 7.99. The number of carboxylic acid groups (broad SMARTS) is 1. The number of hydrogen-bond donors (Lipinski definition) is 3. The number of carbonyl (C=O) groups excluding carboxylic acids is 3. The first kappa shape index (κ1) is 23.7. The normalized spacial score (nSPS) is 19.9. The van der Waals surface area contributed by atoms with Gasteiger partial charge < -0.3 is 25.7 Å². The van der Waals surface area contributed by atoms with E-state index in [1.807, 2.05) is 0 Å². The molecule has 178 valence electrons. The SMILES string of the molecule is CO/N=C(\C(=O)N[C@@H]1C(=O)N2C(C(=O)O)=C(c3ccc(C(=O)OC)s3)CS[C@H]12)c1csc(N)n1. The number of nitrogens with zero attached hydrogens (tertiary/aromatic N) is 3. The van der Waals surface area contributed by atoms with E-state index in [1.165, 1.54) is 37.4 Å². The van der Waals surface area contributed by atoms with Gasteiger partial charge in [0.05, 0.1) is 7.11 Å². The number of β-lactam (4-membered cyclic amide) rings is 1. The second kappa shape index (κ2) is 9.44. The molecule has 15 heteroatoms. The van der Waals surface area contributed by atoms with Crippen LogP contribution in [0.1, 0.15) is 20.2 Å². The van der Waals surface area contributed by atoms with Crippen LogP contribution in [0, 0.1) is 0 Å². The molecular formula is C19H17N5O7S3. The number of nitrogens with one attached hydrogen (secondary N) is 1. The number of thioether (sulfide) groups is 1. The number of amides is 2. The van der Waals surface area contributed by atoms with Gasteiger partial charge >= 0.3 is 11.9 Å². The fourth-order valence-electron chi connectivity index (χ4n) is 3.42. The molecule has 0 bridgehead atoms. The van der Waals surface area contributed by atoms with E-state index in [4.69, 9.17) is 15.3 Å². The highest BCUT2D eigenvalue weighted by molar-refractivity contribution is 8.00. The molecule has 4 heterocycles. The maximum absolute atomic E-state index is 12.9. The van der Waals surface area contributed by atoms with Gasteiger partial charge in [-0.1, -0.05) is 5.16 Å². The van der Waals surface area contributed by atoms with Crippen molar-refractivity contribution in [3.63, 3.8) is 0 Å². The summed E-state index contributed by atoms with van der Waals surface area (Å²) in [7, 11) is 2.52. The molecule has 0 aliphatic carbocycles. The Balaban J connectivity index is 1.57. The second-order valence-corrected chi connectivity index (χ2v) is 9.92. The smallest absolute Gasteiger partial charge is 0.353 e. The second-order valence-electron chi connectivity index (χ2n) is 6.84. The lowest BCUT2D eigenvalue weighted by Crippen LogP contribution is -2.71. The Hall–Kier alpha value is -3.43. The van der Waals surface area contributed by atoms with E-state index >= 15 is 0 Å². The molecule has 0 radical (unpaired) electrons. The molecule has 1 fully saturated rings. The summed E-state index contributed by atoms with van der Waals surface area (Å²) in [5, 5.41) is 17.3. The van der Waals surface area contributed by atoms with Crippen LogP contribution in [0.5, 0.6) is 0 Å². The van der Waals surface area contributed by atoms with Gasteiger partial charge in [-0.15, -0.1) is 34.4 Å². The van der Waals surface area contributed by atoms with Gasteiger partial charge in [0.2, 0.25) is 0 Å². The number of rotatable bonds is 7. The first-order valence-corrected chi connectivity index (χ1v) is 12.2. The summed E-state index contributed by atoms with van der Waals surface area (Å²) in [6, 6.07) is 2.19. The van der Waals surface area contributed by atoms with Crippen molar-refractivity contribution in [1.29, 1.82) is 0 Å². The zero-order valence-electron chi connectivity index (χ0n) is 17.6. The fraction of sp³-hybridized carbons (Fsp3) is 0.263. The molecular weight excluding hydrogens is 506 g/mol. The van der Waals surface area contributed by atoms with Crippen LogP contribution < -0.4 is 11.1 Å². The van der Waals surface area contributed by atoms with Crippen LogP contribution in [0.15, 0.2) is 28.4 Å². The van der Waals surface area contributed by atoms with E-state index in [1.54, 1.807) is 6.07 Å². The summed E-state index contributed by atoms with van der Waals surface area (Å²) in [6.45, 7) is 0. The van der Waals surface area contributed by atoms with Crippen LogP contribution in [0.3, 0.4) is 0 Å². The van der Waals surface area contributed by atoms with E-state index in [0.717, 1.165) is 27.6 Å². The zero-order chi connectivity index (χ0) is 24.6. The highest BCUT2D eigenvalue weighted by Gasteiger charge is 2.54. The molecule has 34 heavy (non-hydrogen) atoms. The van der Waals surface area contributed by atoms with Crippen LogP contribution in [-0.4, -0.2) is 75.8 Å². The zero-order valence-corrected chi connectivity index (χ0v) is 20.1. The van der Waals surface area contributed by atoms with Crippen molar-refractivity contribution in [1.82, 2.24) is 15.2 Å². The van der Waals surface area contributed by atoms with Gasteiger partial charge in [-0.2, -0.15) is 0 Å². The van der Waals surface area contributed by atoms with Crippen LogP contribution >= 0.6 is 34.4 Å². The number of methoxy groups -OCH3 is 1. The number of aromatic nitrogens is 1. The average Bonchev–Trinajstić information content (AvgIpc) is 3.48. The van der Waals surface area contributed by atoms with Crippen molar-refractivity contribution in [3.05, 3.63) is 38.7 Å². The Morgan fingerprint density at radius 1 is 1.32 bits per heavy atom. The van der Waals surface area contributed by atoms with Gasteiger partial charge in [0.25, 0.3) is 11.8 Å². The number of thiazole rings is 1. The van der Waals surface area contributed by atoms with Crippen molar-refractivity contribution in [3.8, 4) is 0 Å². The lowest BCUT2D eigenvalue weighted by molar-refractivity contribution is -0.149. The molecule has 2 aromatic rings. The summed E-state index contributed by atoms with van der Waals surface area (Å²) in [6.07, 6.45) is 0. The van der Waals surface area contributed by atoms with Crippen molar-refractivity contribution in [2.24, 2.45) is 5.16 Å². The van der Waals surface area contributed by atoms with Gasteiger partial charge in [0.1, 0.15) is 34.8 Å². The highest BCUT2D eigenvalue weighted by atomic mass is 32.2. The molecule has 4 N–H and O–H groups in total. The highest BCUT2D eigenvalue weighted by Crippen LogP contribution is 2.44. The molecule has 1 saturated heterocycles. The van der Waals surface area contributed by atoms with Crippen molar-refractivity contribution < 1.29 is 33.9 Å². The number of fused-ring (bicyclic) bond motifs is 1. The summed E-state index contributed by atoms with van der Waals surface area (Å²) in [5.74, 6) is -2.86. The Bertz CT molecular complexity index is 1250. The number of oxime groups is 1. The van der Waals surface area contributed by atoms with Gasteiger partial charge in [-0.25, -0.2) is 14.6 Å². The minimum Gasteiger partial charge on any atom is -0.477 e. The molecule has 0 saturated carbocycles. The summed E-state index contributed by atoms with van der Waals surface area (Å²) in [5.41, 5.74) is 5.87. The van der Waals surface area contributed by atoms with E-state index in [9.17, 15) is 24.3 Å². The fourth-order valence-corrected chi connectivity index (χ4v) is 6.39. The number of aliphatic carboxylic acids is 1. The molecule has 2 aliphatic rings. The van der Waals surface area contributed by atoms with Gasteiger partial charge in [0, 0.05) is 21.6 Å². The number of hydrogen-bond acceptors (Lipinski definition) is 12. The monoisotopic (exact) mass is 523 g/mol. The average molecular weight is 524 g/mol. The van der Waals surface area contributed by atoms with Crippen LogP contribution in [-0.2, 0) is 24.0 Å². The maximum atomic E-state index is 12.9. The maximum Gasteiger partial charge on any atom is 0.353 e. The number of esters is 1. The molecule has 0 spiro atoms. The van der Waals surface area contributed by atoms with Gasteiger partial charge in [0.15, 0.2) is 10.8 Å². The number of nitrogen functional groups attached to an aromatic ring is 1. The molecule has 2 aliphatic heterocycles. The third-order valence-electron chi connectivity index (χ3n) is 4.91. The predicted octanol–water partition coefficient (Wildman–Crippen LogP) is 0.820. The van der Waals surface area contributed by atoms with Crippen molar-refractivity contribution >= 4 is 74.6 Å². The molecule has 12 nitrogen and oxygen atoms in total. The third kappa shape index (κ3) is 4.12. The molecule has 0 unspecified atom stereocenters. The standard InChI is InChI=1S/C19H17N5O7S3/c1-30-18(29)10-4-3-9(34-10)7-5-32-16-12(15(26)24(16)13(7)17(27)28)22-14(25)11(23-31-2)8-6-33-19(20)21-8/h3-4,6,12,16H,5H2,1-2H3,(H2,20,21)(H,22,25)(H,27,28)/b23-11-/t12-,16-/m1/s1. The van der Waals surface area contributed by atoms with Crippen LogP contribution in [0.4, 0.5) is 5.13 Å². The Morgan fingerprint density at radius 2 is 2.09 bits per heavy atom. The predicted molar refractivity (Wildman–Crippen MR) is 125 cm³/mol. The number of carboxylic acids is 1. The number of thiophene rings is 1. The summed E-state index contributed by atoms with van der Waals surface area (Å²) in [4.78, 5) is 60.3. The Kier molecular flexibility index (Phi) is 6.58. The van der Waals surface area contributed by atoms with E-state index in [-0.39, 0.29) is 28.0 Å². The van der Waals surface area contributed by atoms with E-state index < -0.39 is 35.2 Å². The Labute approximate surface area is 204 Å². The summed E-state index contributed by atoms with van der Waals surface area (Å²) >= 11 is 3.49. The van der Waals surface area contributed by atoms with E-state index in [0.29, 0.717) is 15.3 Å². The number of carbonyl (C=O) groups is 4. The van der Waals surface area contributed by atoms with Crippen LogP contribution in [0.2, 0.25) is 0 Å². The number of ether oxygens (including phenoxy) is 1. The first-order chi connectivity index (χ1) is 16.3. The van der Waals surface area contributed by atoms with Crippen molar-refractivity contribution in [2.45, 2.75) is 11.4 Å². The first-order valence-electron chi connectivity index (χ1n) is 9.49. The molecule has 2 amide bonds. The molecule has 4 rings (SSSR count). The molecule has 2 atom stereocenters. The van der Waals surface area contributed by atoms with Crippen molar-refractivity contribution in [2.75, 3.05) is 25.7 Å².